The Morgan fingerprint density at radius 2 is 2.00 bits per heavy atom. The molecular formula is C19H27N5O. The van der Waals surface area contributed by atoms with Gasteiger partial charge in [0.05, 0.1) is 6.61 Å². The number of nitrogens with zero attached hydrogens (tertiary/aromatic N) is 3. The predicted molar refractivity (Wildman–Crippen MR) is 103 cm³/mol. The molecule has 2 heterocycles. The summed E-state index contributed by atoms with van der Waals surface area (Å²) in [6, 6.07) is 8.29. The van der Waals surface area contributed by atoms with Crippen LogP contribution in [0.25, 0.3) is 0 Å². The van der Waals surface area contributed by atoms with E-state index in [-0.39, 0.29) is 0 Å². The minimum Gasteiger partial charge on any atom is -0.494 e. The minimum absolute atomic E-state index is 0.504. The first-order chi connectivity index (χ1) is 12.2. The van der Waals surface area contributed by atoms with Crippen molar-refractivity contribution in [3.05, 3.63) is 30.6 Å². The molecule has 1 saturated heterocycles. The highest BCUT2D eigenvalue weighted by Gasteiger charge is 2.24. The van der Waals surface area contributed by atoms with Crippen molar-refractivity contribution in [1.82, 2.24) is 9.97 Å². The summed E-state index contributed by atoms with van der Waals surface area (Å²) in [5.41, 5.74) is 7.93. The van der Waals surface area contributed by atoms with E-state index in [9.17, 15) is 0 Å². The molecule has 1 aromatic heterocycles. The van der Waals surface area contributed by atoms with Crippen LogP contribution in [-0.4, -0.2) is 29.2 Å². The molecule has 0 bridgehead atoms. The van der Waals surface area contributed by atoms with Crippen molar-refractivity contribution in [1.29, 1.82) is 0 Å². The van der Waals surface area contributed by atoms with E-state index in [4.69, 9.17) is 10.5 Å². The highest BCUT2D eigenvalue weighted by molar-refractivity contribution is 5.78. The number of hydrogen-bond donors (Lipinski definition) is 2. The number of benzene rings is 1. The number of nitrogens with one attached hydrogen (secondary N) is 1. The van der Waals surface area contributed by atoms with Crippen molar-refractivity contribution in [2.45, 2.75) is 45.6 Å². The molecule has 134 valence electrons. The Kier molecular flexibility index (Phi) is 5.58. The third-order valence-electron chi connectivity index (χ3n) is 4.66. The summed E-state index contributed by atoms with van der Waals surface area (Å²) in [7, 11) is 0. The van der Waals surface area contributed by atoms with Gasteiger partial charge in [-0.15, -0.1) is 0 Å². The Labute approximate surface area is 149 Å². The molecule has 0 aliphatic carbocycles. The van der Waals surface area contributed by atoms with Crippen molar-refractivity contribution >= 4 is 23.0 Å². The van der Waals surface area contributed by atoms with Gasteiger partial charge in [0.15, 0.2) is 11.6 Å². The molecule has 3 rings (SSSR count). The highest BCUT2D eigenvalue weighted by atomic mass is 16.5. The number of aromatic nitrogens is 2. The zero-order valence-corrected chi connectivity index (χ0v) is 15.0. The van der Waals surface area contributed by atoms with Gasteiger partial charge in [0.1, 0.15) is 17.8 Å². The van der Waals surface area contributed by atoms with E-state index in [1.807, 2.05) is 31.2 Å². The summed E-state index contributed by atoms with van der Waals surface area (Å²) in [6.07, 6.45) is 6.34. The van der Waals surface area contributed by atoms with Crippen LogP contribution >= 0.6 is 0 Å². The Bertz CT molecular complexity index is 689. The molecule has 1 aliphatic rings. The molecule has 0 spiro atoms. The highest BCUT2D eigenvalue weighted by Crippen LogP contribution is 2.33. The van der Waals surface area contributed by atoms with E-state index in [1.54, 1.807) is 6.33 Å². The fourth-order valence-corrected chi connectivity index (χ4v) is 3.36. The fraction of sp³-hybridized carbons (Fsp3) is 0.474. The van der Waals surface area contributed by atoms with Crippen LogP contribution in [-0.2, 0) is 0 Å². The summed E-state index contributed by atoms with van der Waals surface area (Å²) in [6.45, 7) is 5.85. The van der Waals surface area contributed by atoms with Gasteiger partial charge in [0, 0.05) is 18.3 Å². The van der Waals surface area contributed by atoms with E-state index >= 15 is 0 Å². The maximum absolute atomic E-state index is 6.40. The standard InChI is InChI=1S/C19H27N5O/c1-3-15-7-5-6-12-24(15)19-17(20)18(21-13-22-19)23-14-8-10-16(11-9-14)25-4-2/h8-11,13,15H,3-7,12,20H2,1-2H3,(H,21,22,23). The first-order valence-electron chi connectivity index (χ1n) is 9.10. The Morgan fingerprint density at radius 3 is 2.72 bits per heavy atom. The summed E-state index contributed by atoms with van der Waals surface area (Å²) < 4.78 is 5.47. The maximum Gasteiger partial charge on any atom is 0.159 e. The number of nitrogen functional groups attached to an aromatic ring is 1. The minimum atomic E-state index is 0.504. The predicted octanol–water partition coefficient (Wildman–Crippen LogP) is 3.97. The fourth-order valence-electron chi connectivity index (χ4n) is 3.36. The molecule has 3 N–H and O–H groups in total. The molecule has 0 saturated carbocycles. The van der Waals surface area contributed by atoms with Crippen LogP contribution in [0.4, 0.5) is 23.0 Å². The van der Waals surface area contributed by atoms with Gasteiger partial charge >= 0.3 is 0 Å². The molecule has 2 aromatic rings. The average molecular weight is 341 g/mol. The maximum atomic E-state index is 6.40. The van der Waals surface area contributed by atoms with E-state index in [0.717, 1.165) is 30.2 Å². The summed E-state index contributed by atoms with van der Waals surface area (Å²) >= 11 is 0. The topological polar surface area (TPSA) is 76.3 Å². The van der Waals surface area contributed by atoms with Crippen LogP contribution in [0.2, 0.25) is 0 Å². The molecule has 25 heavy (non-hydrogen) atoms. The molecule has 0 amide bonds. The van der Waals surface area contributed by atoms with Gasteiger partial charge in [-0.3, -0.25) is 0 Å². The second-order valence-electron chi connectivity index (χ2n) is 6.29. The van der Waals surface area contributed by atoms with Crippen molar-refractivity contribution in [3.63, 3.8) is 0 Å². The van der Waals surface area contributed by atoms with E-state index in [1.165, 1.54) is 19.3 Å². The molecule has 1 aromatic carbocycles. The van der Waals surface area contributed by atoms with Gasteiger partial charge < -0.3 is 20.7 Å². The first-order valence-corrected chi connectivity index (χ1v) is 9.10. The third-order valence-corrected chi connectivity index (χ3v) is 4.66. The van der Waals surface area contributed by atoms with Gasteiger partial charge in [0.25, 0.3) is 0 Å². The number of anilines is 4. The molecule has 1 aliphatic heterocycles. The molecule has 1 fully saturated rings. The molecule has 6 heteroatoms. The molecule has 0 radical (unpaired) electrons. The van der Waals surface area contributed by atoms with Crippen LogP contribution in [0.15, 0.2) is 30.6 Å². The molecular weight excluding hydrogens is 314 g/mol. The third kappa shape index (κ3) is 3.95. The van der Waals surface area contributed by atoms with E-state index in [2.05, 4.69) is 27.1 Å². The van der Waals surface area contributed by atoms with Crippen LogP contribution in [0.1, 0.15) is 39.5 Å². The van der Waals surface area contributed by atoms with Gasteiger partial charge in [-0.25, -0.2) is 9.97 Å². The lowest BCUT2D eigenvalue weighted by Crippen LogP contribution is -2.40. The van der Waals surface area contributed by atoms with Gasteiger partial charge in [0.2, 0.25) is 0 Å². The van der Waals surface area contributed by atoms with Crippen molar-refractivity contribution in [2.75, 3.05) is 29.1 Å². The smallest absolute Gasteiger partial charge is 0.159 e. The number of piperidine rings is 1. The molecule has 1 unspecified atom stereocenters. The van der Waals surface area contributed by atoms with Crippen LogP contribution in [0.5, 0.6) is 5.75 Å². The molecule has 6 nitrogen and oxygen atoms in total. The van der Waals surface area contributed by atoms with E-state index < -0.39 is 0 Å². The van der Waals surface area contributed by atoms with Crippen LogP contribution < -0.4 is 20.7 Å². The lowest BCUT2D eigenvalue weighted by Gasteiger charge is -2.36. The quantitative estimate of drug-likeness (QED) is 0.828. The second kappa shape index (κ2) is 8.05. The normalized spacial score (nSPS) is 17.4. The van der Waals surface area contributed by atoms with Crippen molar-refractivity contribution < 1.29 is 4.74 Å². The van der Waals surface area contributed by atoms with Gasteiger partial charge in [-0.05, 0) is 56.9 Å². The summed E-state index contributed by atoms with van der Waals surface area (Å²) in [4.78, 5) is 11.1. The summed E-state index contributed by atoms with van der Waals surface area (Å²) in [5.74, 6) is 2.34. The van der Waals surface area contributed by atoms with Crippen LogP contribution in [0.3, 0.4) is 0 Å². The van der Waals surface area contributed by atoms with Gasteiger partial charge in [-0.2, -0.15) is 0 Å². The van der Waals surface area contributed by atoms with E-state index in [0.29, 0.717) is 24.2 Å². The second-order valence-corrected chi connectivity index (χ2v) is 6.29. The van der Waals surface area contributed by atoms with Crippen LogP contribution in [0, 0.1) is 0 Å². The zero-order valence-electron chi connectivity index (χ0n) is 15.0. The Hall–Kier alpha value is -2.50. The Balaban J connectivity index is 1.80. The average Bonchev–Trinajstić information content (AvgIpc) is 2.65. The summed E-state index contributed by atoms with van der Waals surface area (Å²) in [5, 5.41) is 3.30. The van der Waals surface area contributed by atoms with Gasteiger partial charge in [-0.1, -0.05) is 6.92 Å². The SMILES string of the molecule is CCOc1ccc(Nc2ncnc(N3CCCCC3CC)c2N)cc1. The number of ether oxygens (including phenoxy) is 1. The first kappa shape index (κ1) is 17.3. The lowest BCUT2D eigenvalue weighted by molar-refractivity contribution is 0.340. The molecule has 1 atom stereocenters. The lowest BCUT2D eigenvalue weighted by atomic mass is 10.00. The van der Waals surface area contributed by atoms with Crippen molar-refractivity contribution in [2.24, 2.45) is 0 Å². The number of hydrogen-bond acceptors (Lipinski definition) is 6. The number of rotatable bonds is 6. The monoisotopic (exact) mass is 341 g/mol. The Morgan fingerprint density at radius 1 is 1.20 bits per heavy atom. The number of nitrogens with two attached hydrogens (primary N) is 1. The van der Waals surface area contributed by atoms with Crippen molar-refractivity contribution in [3.8, 4) is 5.75 Å². The zero-order chi connectivity index (χ0) is 17.6. The largest absolute Gasteiger partial charge is 0.494 e.